The van der Waals surface area contributed by atoms with Crippen LogP contribution in [0, 0.1) is 0 Å². The zero-order valence-electron chi connectivity index (χ0n) is 19.1. The highest BCUT2D eigenvalue weighted by Crippen LogP contribution is 2.41. The van der Waals surface area contributed by atoms with Crippen molar-refractivity contribution in [3.8, 4) is 0 Å². The third-order valence-electron chi connectivity index (χ3n) is 5.57. The van der Waals surface area contributed by atoms with Gasteiger partial charge in [0, 0.05) is 6.42 Å². The van der Waals surface area contributed by atoms with Crippen LogP contribution in [0.3, 0.4) is 0 Å². The Morgan fingerprint density at radius 2 is 1.75 bits per heavy atom. The van der Waals surface area contributed by atoms with Gasteiger partial charge in [-0.2, -0.15) is 0 Å². The molecule has 3 atom stereocenters. The summed E-state index contributed by atoms with van der Waals surface area (Å²) in [5.74, 6) is -0.434. The van der Waals surface area contributed by atoms with E-state index >= 15 is 0 Å². The van der Waals surface area contributed by atoms with E-state index < -0.39 is 32.0 Å². The van der Waals surface area contributed by atoms with Crippen molar-refractivity contribution < 1.29 is 23.5 Å². The highest BCUT2D eigenvalue weighted by molar-refractivity contribution is 6.74. The fraction of sp³-hybridized carbons (Fsp3) is 0.810. The molecule has 0 radical (unpaired) electrons. The van der Waals surface area contributed by atoms with Crippen LogP contribution in [0.1, 0.15) is 60.8 Å². The zero-order chi connectivity index (χ0) is 21.9. The maximum atomic E-state index is 13.0. The molecule has 6 nitrogen and oxygen atoms in total. The second-order valence-corrected chi connectivity index (χ2v) is 14.8. The average molecular weight is 414 g/mol. The van der Waals surface area contributed by atoms with Crippen molar-refractivity contribution in [3.05, 3.63) is 12.7 Å². The lowest BCUT2D eigenvalue weighted by atomic mass is 10.1. The van der Waals surface area contributed by atoms with Gasteiger partial charge in [-0.3, -0.25) is 4.90 Å². The molecule has 0 N–H and O–H groups in total. The van der Waals surface area contributed by atoms with Gasteiger partial charge in [0.2, 0.25) is 0 Å². The van der Waals surface area contributed by atoms with E-state index in [0.29, 0.717) is 12.8 Å². The lowest BCUT2D eigenvalue weighted by Crippen LogP contribution is -2.50. The summed E-state index contributed by atoms with van der Waals surface area (Å²) in [6, 6.07) is -0.962. The summed E-state index contributed by atoms with van der Waals surface area (Å²) in [7, 11) is -0.750. The van der Waals surface area contributed by atoms with Gasteiger partial charge in [0.25, 0.3) is 0 Å². The summed E-state index contributed by atoms with van der Waals surface area (Å²) in [5, 5.41) is 0.0239. The van der Waals surface area contributed by atoms with E-state index in [4.69, 9.17) is 13.9 Å². The zero-order valence-corrected chi connectivity index (χ0v) is 20.1. The molecule has 0 spiro atoms. The smallest absolute Gasteiger partial charge is 0.411 e. The van der Waals surface area contributed by atoms with Crippen LogP contribution in [0.15, 0.2) is 12.7 Å². The molecule has 1 heterocycles. The lowest BCUT2D eigenvalue weighted by Gasteiger charge is -2.40. The van der Waals surface area contributed by atoms with Crippen LogP contribution in [0.4, 0.5) is 4.79 Å². The average Bonchev–Trinajstić information content (AvgIpc) is 2.87. The maximum Gasteiger partial charge on any atom is 0.411 e. The molecule has 0 aliphatic carbocycles. The van der Waals surface area contributed by atoms with Crippen LogP contribution in [-0.2, 0) is 18.7 Å². The van der Waals surface area contributed by atoms with Crippen molar-refractivity contribution >= 4 is 20.4 Å². The van der Waals surface area contributed by atoms with Crippen LogP contribution in [0.2, 0.25) is 18.1 Å². The topological polar surface area (TPSA) is 65.1 Å². The Morgan fingerprint density at radius 1 is 1.18 bits per heavy atom. The first kappa shape index (κ1) is 24.7. The molecular formula is C21H39NO5Si. The minimum atomic E-state index is -2.09. The first-order chi connectivity index (χ1) is 12.6. The molecule has 0 bridgehead atoms. The summed E-state index contributed by atoms with van der Waals surface area (Å²) < 4.78 is 17.3. The van der Waals surface area contributed by atoms with Crippen LogP contribution >= 0.6 is 0 Å². The Kier molecular flexibility index (Phi) is 7.93. The normalized spacial score (nSPS) is 23.5. The number of rotatable bonds is 6. The molecular weight excluding hydrogens is 374 g/mol. The van der Waals surface area contributed by atoms with Gasteiger partial charge in [0.15, 0.2) is 8.32 Å². The number of methoxy groups -OCH3 is 1. The van der Waals surface area contributed by atoms with Crippen molar-refractivity contribution in [3.63, 3.8) is 0 Å². The van der Waals surface area contributed by atoms with Gasteiger partial charge in [0.1, 0.15) is 11.6 Å². The maximum absolute atomic E-state index is 13.0. The molecule has 1 saturated heterocycles. The fourth-order valence-corrected chi connectivity index (χ4v) is 4.48. The molecule has 1 fully saturated rings. The highest BCUT2D eigenvalue weighted by atomic mass is 28.4. The Balaban J connectivity index is 3.27. The minimum Gasteiger partial charge on any atom is -0.467 e. The standard InChI is InChI=1S/C21H39NO5Si/c1-11-12-13-15-17(27-28(9,10)21(5,6)7)14-16(18(23)25-8)22(15)19(24)26-20(2,3)4/h11,15-17H,1,12-14H2,2-10H3/t15-,16-,17+/m0/s1. The minimum absolute atomic E-state index is 0.0239. The quantitative estimate of drug-likeness (QED) is 0.352. The van der Waals surface area contributed by atoms with Crippen molar-refractivity contribution in [1.82, 2.24) is 4.90 Å². The first-order valence-electron chi connectivity index (χ1n) is 10.0. The van der Waals surface area contributed by atoms with Crippen LogP contribution in [0.25, 0.3) is 0 Å². The molecule has 162 valence electrons. The van der Waals surface area contributed by atoms with E-state index in [1.807, 2.05) is 26.8 Å². The summed E-state index contributed by atoms with van der Waals surface area (Å²) in [6.07, 6.45) is 2.88. The third-order valence-corrected chi connectivity index (χ3v) is 10.1. The monoisotopic (exact) mass is 413 g/mol. The van der Waals surface area contributed by atoms with Crippen molar-refractivity contribution in [2.75, 3.05) is 7.11 Å². The largest absolute Gasteiger partial charge is 0.467 e. The molecule has 7 heteroatoms. The number of likely N-dealkylation sites (tertiary alicyclic amines) is 1. The molecule has 0 saturated carbocycles. The fourth-order valence-electron chi connectivity index (χ4n) is 3.12. The van der Waals surface area contributed by atoms with Gasteiger partial charge < -0.3 is 13.9 Å². The molecule has 0 aromatic carbocycles. The molecule has 1 rings (SSSR count). The van der Waals surface area contributed by atoms with E-state index in [9.17, 15) is 9.59 Å². The highest BCUT2D eigenvalue weighted by Gasteiger charge is 2.52. The number of hydrogen-bond acceptors (Lipinski definition) is 5. The van der Waals surface area contributed by atoms with Gasteiger partial charge >= 0.3 is 12.1 Å². The molecule has 0 aromatic heterocycles. The Morgan fingerprint density at radius 3 is 2.18 bits per heavy atom. The number of allylic oxidation sites excluding steroid dienone is 1. The second-order valence-electron chi connectivity index (χ2n) is 10.0. The van der Waals surface area contributed by atoms with Crippen molar-refractivity contribution in [1.29, 1.82) is 0 Å². The number of carbonyl (C=O) groups excluding carboxylic acids is 2. The molecule has 1 aliphatic rings. The SMILES string of the molecule is C=CCC[C@H]1[C@H](O[Si](C)(C)C(C)(C)C)C[C@@H](C(=O)OC)N1C(=O)OC(C)(C)C. The van der Waals surface area contributed by atoms with Gasteiger partial charge in [0.05, 0.1) is 19.3 Å². The predicted octanol–water partition coefficient (Wildman–Crippen LogP) is 4.89. The van der Waals surface area contributed by atoms with Gasteiger partial charge in [-0.15, -0.1) is 6.58 Å². The van der Waals surface area contributed by atoms with E-state index in [1.54, 1.807) is 4.90 Å². The Bertz CT molecular complexity index is 576. The lowest BCUT2D eigenvalue weighted by molar-refractivity contribution is -0.146. The van der Waals surface area contributed by atoms with Crippen molar-refractivity contribution in [2.45, 2.75) is 103 Å². The van der Waals surface area contributed by atoms with Crippen LogP contribution in [0.5, 0.6) is 0 Å². The number of nitrogens with zero attached hydrogens (tertiary/aromatic N) is 1. The predicted molar refractivity (Wildman–Crippen MR) is 114 cm³/mol. The molecule has 28 heavy (non-hydrogen) atoms. The van der Waals surface area contributed by atoms with Crippen LogP contribution in [-0.4, -0.2) is 56.2 Å². The number of ether oxygens (including phenoxy) is 2. The first-order valence-corrected chi connectivity index (χ1v) is 12.9. The van der Waals surface area contributed by atoms with Gasteiger partial charge in [-0.1, -0.05) is 26.8 Å². The summed E-state index contributed by atoms with van der Waals surface area (Å²) >= 11 is 0. The number of hydrogen-bond donors (Lipinski definition) is 0. The molecule has 1 amide bonds. The third kappa shape index (κ3) is 6.08. The van der Waals surface area contributed by atoms with Crippen LogP contribution < -0.4 is 0 Å². The molecule has 1 aliphatic heterocycles. The Labute approximate surface area is 171 Å². The van der Waals surface area contributed by atoms with E-state index in [0.717, 1.165) is 6.42 Å². The number of amides is 1. The van der Waals surface area contributed by atoms with E-state index in [2.05, 4.69) is 40.4 Å². The second kappa shape index (κ2) is 8.99. The van der Waals surface area contributed by atoms with Gasteiger partial charge in [-0.05, 0) is 51.7 Å². The Hall–Kier alpha value is -1.34. The molecule has 0 unspecified atom stereocenters. The molecule has 0 aromatic rings. The summed E-state index contributed by atoms with van der Waals surface area (Å²) in [4.78, 5) is 27.0. The van der Waals surface area contributed by atoms with E-state index in [-0.39, 0.29) is 17.2 Å². The van der Waals surface area contributed by atoms with Gasteiger partial charge in [-0.25, -0.2) is 9.59 Å². The summed E-state index contributed by atoms with van der Waals surface area (Å²) in [5.41, 5.74) is -0.654. The number of esters is 1. The van der Waals surface area contributed by atoms with E-state index in [1.165, 1.54) is 7.11 Å². The van der Waals surface area contributed by atoms with Crippen molar-refractivity contribution in [2.24, 2.45) is 0 Å². The number of carbonyl (C=O) groups is 2. The summed E-state index contributed by atoms with van der Waals surface area (Å²) in [6.45, 7) is 20.1.